The Morgan fingerprint density at radius 2 is 1.20 bits per heavy atom. The van der Waals surface area contributed by atoms with Crippen molar-refractivity contribution in [3.63, 3.8) is 0 Å². The van der Waals surface area contributed by atoms with Gasteiger partial charge < -0.3 is 30.3 Å². The van der Waals surface area contributed by atoms with E-state index in [1.54, 1.807) is 12.2 Å². The molecule has 5 N–H and O–H groups in total. The number of rotatable bonds is 38. The molecular weight excluding hydrogens is 713 g/mol. The van der Waals surface area contributed by atoms with E-state index >= 15 is 0 Å². The number of nitrogens with two attached hydrogens (primary N) is 1. The number of unbranched alkanes of at least 4 members (excludes halogenated alkanes) is 17. The number of carboxylic acid groups (broad SMARTS) is 1. The lowest BCUT2D eigenvalue weighted by Gasteiger charge is -2.20. The van der Waals surface area contributed by atoms with Crippen molar-refractivity contribution in [2.24, 2.45) is 5.73 Å². The third-order valence-corrected chi connectivity index (χ3v) is 9.70. The Kier molecular flexibility index (Phi) is 34.7. The van der Waals surface area contributed by atoms with Crippen LogP contribution in [0.1, 0.15) is 168 Å². The number of hydrogen-bond donors (Lipinski definition) is 4. The smallest absolute Gasteiger partial charge is 0.472 e. The Balaban J connectivity index is 4.60. The van der Waals surface area contributed by atoms with Gasteiger partial charge in [-0.2, -0.15) is 0 Å². The lowest BCUT2D eigenvalue weighted by Crippen LogP contribution is -2.34. The summed E-state index contributed by atoms with van der Waals surface area (Å²) in [5.74, 6) is -2.60. The van der Waals surface area contributed by atoms with Gasteiger partial charge in [-0.25, -0.2) is 4.57 Å². The van der Waals surface area contributed by atoms with Crippen molar-refractivity contribution in [2.75, 3.05) is 19.8 Å². The maximum atomic E-state index is 12.6. The number of phosphoric acid groups is 1. The normalized spacial score (nSPS) is 14.8. The molecule has 0 rings (SSSR count). The Morgan fingerprint density at radius 3 is 1.80 bits per heavy atom. The highest BCUT2D eigenvalue weighted by molar-refractivity contribution is 7.47. The van der Waals surface area contributed by atoms with E-state index in [0.717, 1.165) is 32.1 Å². The van der Waals surface area contributed by atoms with Gasteiger partial charge in [-0.1, -0.05) is 153 Å². The van der Waals surface area contributed by atoms with E-state index in [2.05, 4.69) is 30.5 Å². The Morgan fingerprint density at radius 1 is 0.667 bits per heavy atom. The average Bonchev–Trinajstić information content (AvgIpc) is 3.14. The van der Waals surface area contributed by atoms with Crippen molar-refractivity contribution in [2.45, 2.75) is 186 Å². The summed E-state index contributed by atoms with van der Waals surface area (Å²) < 4.78 is 32.5. The Bertz CT molecular complexity index is 1080. The van der Waals surface area contributed by atoms with Crippen molar-refractivity contribution in [3.05, 3.63) is 36.5 Å². The summed E-state index contributed by atoms with van der Waals surface area (Å²) in [4.78, 5) is 45.8. The quantitative estimate of drug-likeness (QED) is 0.0153. The van der Waals surface area contributed by atoms with Gasteiger partial charge in [-0.05, 0) is 38.5 Å². The van der Waals surface area contributed by atoms with Crippen LogP contribution in [0.4, 0.5) is 0 Å². The minimum Gasteiger partial charge on any atom is -0.480 e. The minimum atomic E-state index is -4.76. The fourth-order valence-electron chi connectivity index (χ4n) is 5.43. The first-order valence-corrected chi connectivity index (χ1v) is 22.1. The fourth-order valence-corrected chi connectivity index (χ4v) is 6.20. The Labute approximate surface area is 325 Å². The lowest BCUT2D eigenvalue weighted by atomic mass is 10.0. The fraction of sp³-hybridized carbons (Fsp3) is 0.780. The standard InChI is InChI=1S/C41H74NO11P/c1-3-5-7-9-11-13-15-17-18-20-22-24-26-29-36(43)30-28-32-40(45)53-37(34-51-54(48,49)52-35-38(42)41(46)47)33-50-39(44)31-27-25-23-21-19-16-14-12-10-8-6-4-2/h17-18,22,24,26,29,36-38,43H,3-16,19-21,23,25,27-28,30-35,42H2,1-2H3,(H,46,47)(H,48,49)/b18-17+,24-22+,29-26+/t36?,37-,38+/m1/s1. The lowest BCUT2D eigenvalue weighted by molar-refractivity contribution is -0.161. The molecule has 0 aromatic rings. The number of aliphatic hydroxyl groups excluding tert-OH is 1. The maximum absolute atomic E-state index is 12.6. The molecule has 0 saturated heterocycles. The molecular formula is C41H74NO11P. The van der Waals surface area contributed by atoms with Crippen LogP contribution >= 0.6 is 7.82 Å². The number of phosphoric ester groups is 1. The average molecular weight is 788 g/mol. The zero-order valence-electron chi connectivity index (χ0n) is 33.4. The number of allylic oxidation sites excluding steroid dienone is 5. The van der Waals surface area contributed by atoms with Crippen LogP contribution in [0.2, 0.25) is 0 Å². The van der Waals surface area contributed by atoms with Gasteiger partial charge >= 0.3 is 25.7 Å². The maximum Gasteiger partial charge on any atom is 0.472 e. The summed E-state index contributed by atoms with van der Waals surface area (Å²) in [6.45, 7) is 2.59. The molecule has 0 fully saturated rings. The molecule has 0 amide bonds. The summed E-state index contributed by atoms with van der Waals surface area (Å²) in [7, 11) is -4.76. The van der Waals surface area contributed by atoms with Crippen LogP contribution in [0.5, 0.6) is 0 Å². The molecule has 0 heterocycles. The predicted octanol–water partition coefficient (Wildman–Crippen LogP) is 9.42. The SMILES string of the molecule is CCCCCCCC/C=C/C/C=C/C=C/C(O)CCCC(=O)O[C@H](COC(=O)CCCCCCCCCCCCCC)COP(=O)(O)OC[C@H](N)C(=O)O. The molecule has 0 aromatic heterocycles. The number of aliphatic carboxylic acids is 1. The largest absolute Gasteiger partial charge is 0.480 e. The van der Waals surface area contributed by atoms with Crippen LogP contribution in [0.15, 0.2) is 36.5 Å². The molecule has 4 atom stereocenters. The first kappa shape index (κ1) is 51.7. The van der Waals surface area contributed by atoms with E-state index in [9.17, 15) is 28.9 Å². The Hall–Kier alpha value is -2.34. The van der Waals surface area contributed by atoms with Gasteiger partial charge in [0.25, 0.3) is 0 Å². The number of esters is 2. The van der Waals surface area contributed by atoms with E-state index < -0.39 is 63.8 Å². The third kappa shape index (κ3) is 35.4. The molecule has 0 radical (unpaired) electrons. The monoisotopic (exact) mass is 787 g/mol. The third-order valence-electron chi connectivity index (χ3n) is 8.75. The van der Waals surface area contributed by atoms with Gasteiger partial charge in [0.05, 0.1) is 19.3 Å². The number of carboxylic acids is 1. The molecule has 0 aliphatic rings. The zero-order valence-corrected chi connectivity index (χ0v) is 34.3. The molecule has 0 saturated carbocycles. The molecule has 0 bridgehead atoms. The van der Waals surface area contributed by atoms with Crippen LogP contribution in [0, 0.1) is 0 Å². The van der Waals surface area contributed by atoms with E-state index in [-0.39, 0.29) is 12.8 Å². The number of ether oxygens (including phenoxy) is 2. The van der Waals surface area contributed by atoms with Crippen molar-refractivity contribution >= 4 is 25.7 Å². The van der Waals surface area contributed by atoms with Crippen LogP contribution in [0.25, 0.3) is 0 Å². The van der Waals surface area contributed by atoms with E-state index in [1.165, 1.54) is 89.9 Å². The number of carbonyl (C=O) groups excluding carboxylic acids is 2. The van der Waals surface area contributed by atoms with Gasteiger partial charge in [0.2, 0.25) is 0 Å². The molecule has 0 aromatic carbocycles. The highest BCUT2D eigenvalue weighted by atomic mass is 31.2. The second-order valence-corrected chi connectivity index (χ2v) is 15.4. The molecule has 314 valence electrons. The molecule has 0 aliphatic carbocycles. The molecule has 13 heteroatoms. The summed E-state index contributed by atoms with van der Waals surface area (Å²) in [5, 5.41) is 19.1. The van der Waals surface area contributed by atoms with Gasteiger partial charge in [0.1, 0.15) is 12.6 Å². The number of hydrogen-bond acceptors (Lipinski definition) is 10. The molecule has 2 unspecified atom stereocenters. The highest BCUT2D eigenvalue weighted by Gasteiger charge is 2.28. The molecule has 12 nitrogen and oxygen atoms in total. The van der Waals surface area contributed by atoms with Crippen LogP contribution in [0.3, 0.4) is 0 Å². The van der Waals surface area contributed by atoms with Crippen molar-refractivity contribution in [3.8, 4) is 0 Å². The van der Waals surface area contributed by atoms with Crippen LogP contribution < -0.4 is 5.73 Å². The van der Waals surface area contributed by atoms with Crippen molar-refractivity contribution < 1.29 is 52.6 Å². The van der Waals surface area contributed by atoms with Gasteiger partial charge in [0.15, 0.2) is 6.10 Å². The second-order valence-electron chi connectivity index (χ2n) is 14.0. The first-order valence-electron chi connectivity index (χ1n) is 20.6. The summed E-state index contributed by atoms with van der Waals surface area (Å²) >= 11 is 0. The van der Waals surface area contributed by atoms with Crippen molar-refractivity contribution in [1.82, 2.24) is 0 Å². The van der Waals surface area contributed by atoms with E-state index in [0.29, 0.717) is 19.3 Å². The molecule has 54 heavy (non-hydrogen) atoms. The van der Waals surface area contributed by atoms with Gasteiger partial charge in [-0.15, -0.1) is 0 Å². The molecule has 0 spiro atoms. The summed E-state index contributed by atoms with van der Waals surface area (Å²) in [5.41, 5.74) is 5.31. The van der Waals surface area contributed by atoms with Crippen molar-refractivity contribution in [1.29, 1.82) is 0 Å². The summed E-state index contributed by atoms with van der Waals surface area (Å²) in [6.07, 6.45) is 33.9. The van der Waals surface area contributed by atoms with Gasteiger partial charge in [-0.3, -0.25) is 23.4 Å². The zero-order chi connectivity index (χ0) is 40.1. The second kappa shape index (κ2) is 36.3. The van der Waals surface area contributed by atoms with Crippen LogP contribution in [-0.4, -0.2) is 71.1 Å². The predicted molar refractivity (Wildman–Crippen MR) is 214 cm³/mol. The number of carbonyl (C=O) groups is 3. The molecule has 0 aliphatic heterocycles. The van der Waals surface area contributed by atoms with E-state index in [4.69, 9.17) is 24.8 Å². The number of aliphatic hydroxyl groups is 1. The minimum absolute atomic E-state index is 0.0613. The summed E-state index contributed by atoms with van der Waals surface area (Å²) in [6, 6.07) is -1.55. The van der Waals surface area contributed by atoms with Gasteiger partial charge in [0, 0.05) is 12.8 Å². The van der Waals surface area contributed by atoms with Crippen LogP contribution in [-0.2, 0) is 37.5 Å². The topological polar surface area (TPSA) is 192 Å². The highest BCUT2D eigenvalue weighted by Crippen LogP contribution is 2.43. The van der Waals surface area contributed by atoms with E-state index in [1.807, 2.05) is 12.2 Å². The first-order chi connectivity index (χ1) is 26.0.